The van der Waals surface area contributed by atoms with Crippen molar-refractivity contribution in [1.29, 1.82) is 0 Å². The largest absolute Gasteiger partial charge is 0.461 e. The van der Waals surface area contributed by atoms with Gasteiger partial charge < -0.3 is 19.7 Å². The number of hydrogen-bond donors (Lipinski definition) is 1. The first-order valence-electron chi connectivity index (χ1n) is 8.39. The normalized spacial score (nSPS) is 26.4. The molecule has 2 fully saturated rings. The van der Waals surface area contributed by atoms with Gasteiger partial charge in [0, 0.05) is 0 Å². The van der Waals surface area contributed by atoms with Crippen molar-refractivity contribution in [3.63, 3.8) is 0 Å². The van der Waals surface area contributed by atoms with Crippen LogP contribution in [-0.4, -0.2) is 72.5 Å². The van der Waals surface area contributed by atoms with Gasteiger partial charge in [-0.3, -0.25) is 14.4 Å². The van der Waals surface area contributed by atoms with E-state index >= 15 is 0 Å². The van der Waals surface area contributed by atoms with Crippen molar-refractivity contribution in [1.82, 2.24) is 10.2 Å². The Morgan fingerprint density at radius 2 is 1.75 bits per heavy atom. The van der Waals surface area contributed by atoms with Gasteiger partial charge in [0.15, 0.2) is 15.2 Å². The second-order valence-corrected chi connectivity index (χ2v) is 9.42. The Kier molecular flexibility index (Phi) is 5.97. The minimum absolute atomic E-state index is 0.0814. The molecule has 2 saturated heterocycles. The van der Waals surface area contributed by atoms with Gasteiger partial charge in [-0.2, -0.15) is 0 Å². The van der Waals surface area contributed by atoms with Gasteiger partial charge in [0.25, 0.3) is 0 Å². The fourth-order valence-corrected chi connectivity index (χ4v) is 5.41. The van der Waals surface area contributed by atoms with Crippen molar-refractivity contribution < 1.29 is 37.1 Å². The van der Waals surface area contributed by atoms with Gasteiger partial charge in [0.1, 0.15) is 36.5 Å². The summed E-state index contributed by atoms with van der Waals surface area (Å²) in [6, 6.07) is -2.73. The quantitative estimate of drug-likeness (QED) is 0.233. The van der Waals surface area contributed by atoms with Gasteiger partial charge >= 0.3 is 11.9 Å². The zero-order valence-electron chi connectivity index (χ0n) is 15.5. The summed E-state index contributed by atoms with van der Waals surface area (Å²) >= 11 is 0. The number of rotatable bonds is 8. The van der Waals surface area contributed by atoms with E-state index in [2.05, 4.69) is 23.2 Å². The van der Waals surface area contributed by atoms with Crippen molar-refractivity contribution in [2.24, 2.45) is 0 Å². The molecule has 0 aromatic heterocycles. The molecule has 3 atom stereocenters. The molecule has 0 radical (unpaired) electrons. The second-order valence-electron chi connectivity index (χ2n) is 6.80. The van der Waals surface area contributed by atoms with Crippen LogP contribution in [0.15, 0.2) is 25.3 Å². The van der Waals surface area contributed by atoms with Gasteiger partial charge in [-0.25, -0.2) is 13.2 Å². The number of β-lactam (4-membered cyclic amide) rings is 1. The van der Waals surface area contributed by atoms with Crippen molar-refractivity contribution >= 4 is 33.6 Å². The molecule has 0 aromatic rings. The third-order valence-corrected chi connectivity index (χ3v) is 7.44. The predicted octanol–water partition coefficient (Wildman–Crippen LogP) is -0.936. The molecule has 10 nitrogen and oxygen atoms in total. The molecule has 2 rings (SSSR count). The average molecular weight is 414 g/mol. The third kappa shape index (κ3) is 3.41. The summed E-state index contributed by atoms with van der Waals surface area (Å²) in [6.45, 7) is 9.19. The highest BCUT2D eigenvalue weighted by Crippen LogP contribution is 2.46. The van der Waals surface area contributed by atoms with Crippen LogP contribution < -0.4 is 5.32 Å². The molecule has 2 aliphatic heterocycles. The highest BCUT2D eigenvalue weighted by Gasteiger charge is 2.72. The van der Waals surface area contributed by atoms with Crippen molar-refractivity contribution in [3.05, 3.63) is 25.3 Å². The fraction of sp³-hybridized carbons (Fsp3) is 0.529. The Labute approximate surface area is 162 Å². The molecule has 2 amide bonds. The highest BCUT2D eigenvalue weighted by atomic mass is 32.2. The first kappa shape index (κ1) is 21.6. The lowest BCUT2D eigenvalue weighted by Gasteiger charge is -2.42. The molecule has 0 bridgehead atoms. The predicted molar refractivity (Wildman–Crippen MR) is 96.3 cm³/mol. The van der Waals surface area contributed by atoms with Gasteiger partial charge in [0.05, 0.1) is 0 Å². The molecule has 2 heterocycles. The first-order valence-corrected chi connectivity index (χ1v) is 9.94. The Balaban J connectivity index is 2.17. The number of carbonyl (C=O) groups is 4. The van der Waals surface area contributed by atoms with Crippen LogP contribution >= 0.6 is 0 Å². The summed E-state index contributed by atoms with van der Waals surface area (Å²) in [5.74, 6) is -3.33. The molecular formula is C17H22N2O8S. The first-order chi connectivity index (χ1) is 13.0. The fourth-order valence-electron chi connectivity index (χ4n) is 3.20. The zero-order valence-corrected chi connectivity index (χ0v) is 16.4. The van der Waals surface area contributed by atoms with Gasteiger partial charge in [0.2, 0.25) is 11.8 Å². The lowest BCUT2D eigenvalue weighted by atomic mass is 9.96. The average Bonchev–Trinajstić information content (AvgIpc) is 2.76. The van der Waals surface area contributed by atoms with E-state index in [-0.39, 0.29) is 13.2 Å². The van der Waals surface area contributed by atoms with Crippen LogP contribution in [0.4, 0.5) is 0 Å². The van der Waals surface area contributed by atoms with Crippen LogP contribution in [0.2, 0.25) is 0 Å². The van der Waals surface area contributed by atoms with Crippen molar-refractivity contribution in [2.75, 3.05) is 13.2 Å². The highest BCUT2D eigenvalue weighted by molar-refractivity contribution is 7.94. The number of sulfone groups is 1. The summed E-state index contributed by atoms with van der Waals surface area (Å²) < 4.78 is 33.8. The molecule has 1 unspecified atom stereocenters. The Morgan fingerprint density at radius 1 is 1.18 bits per heavy atom. The summed E-state index contributed by atoms with van der Waals surface area (Å²) in [5.41, 5.74) is 0. The monoisotopic (exact) mass is 414 g/mol. The lowest BCUT2D eigenvalue weighted by Crippen LogP contribution is -2.72. The molecule has 154 valence electrons. The van der Waals surface area contributed by atoms with E-state index in [1.807, 2.05) is 0 Å². The Hall–Kier alpha value is -2.69. The number of nitrogens with zero attached hydrogens (tertiary/aromatic N) is 1. The molecule has 1 N–H and O–H groups in total. The van der Waals surface area contributed by atoms with Crippen molar-refractivity contribution in [2.45, 2.75) is 42.5 Å². The minimum atomic E-state index is -4.02. The molecule has 0 aliphatic carbocycles. The topological polar surface area (TPSA) is 136 Å². The molecule has 0 aromatic carbocycles. The maximum atomic E-state index is 12.9. The van der Waals surface area contributed by atoms with Crippen LogP contribution in [0.5, 0.6) is 0 Å². The summed E-state index contributed by atoms with van der Waals surface area (Å²) in [6.07, 6.45) is 1.96. The second kappa shape index (κ2) is 7.74. The smallest absolute Gasteiger partial charge is 0.330 e. The molecular weight excluding hydrogens is 392 g/mol. The maximum absolute atomic E-state index is 12.9. The number of fused-ring (bicyclic) bond motifs is 1. The van der Waals surface area contributed by atoms with Crippen LogP contribution in [0.1, 0.15) is 20.3 Å². The van der Waals surface area contributed by atoms with E-state index in [0.29, 0.717) is 0 Å². The molecule has 0 spiro atoms. The zero-order chi connectivity index (χ0) is 21.3. The number of nitrogens with one attached hydrogen (secondary N) is 1. The summed E-state index contributed by atoms with van der Waals surface area (Å²) in [7, 11) is -4.02. The molecule has 11 heteroatoms. The van der Waals surface area contributed by atoms with E-state index in [1.165, 1.54) is 26.0 Å². The lowest BCUT2D eigenvalue weighted by molar-refractivity contribution is -0.164. The molecule has 2 aliphatic rings. The van der Waals surface area contributed by atoms with E-state index in [1.54, 1.807) is 0 Å². The van der Waals surface area contributed by atoms with Gasteiger partial charge in [-0.05, 0) is 13.8 Å². The number of ether oxygens (including phenoxy) is 2. The van der Waals surface area contributed by atoms with E-state index < -0.39 is 62.2 Å². The Bertz CT molecular complexity index is 832. The SMILES string of the molecule is C=CCOC(=O)CC(=O)N[C@@H]1C(=O)N2C(C(=O)OCC=C)C(C)(C)S(=O)(=O)[C@@H]12. The summed E-state index contributed by atoms with van der Waals surface area (Å²) in [4.78, 5) is 49.2. The van der Waals surface area contributed by atoms with Crippen molar-refractivity contribution in [3.8, 4) is 0 Å². The van der Waals surface area contributed by atoms with Gasteiger partial charge in [-0.15, -0.1) is 0 Å². The standard InChI is InChI=1S/C17H22N2O8S/c1-5-7-26-11(21)9-10(20)18-12-14(22)19-13(16(23)27-8-6-2)17(3,4)28(24,25)15(12)19/h5-6,12-13,15H,1-2,7-9H2,3-4H3,(H,18,20)/t12-,13?,15+/m1/s1. The minimum Gasteiger partial charge on any atom is -0.461 e. The Morgan fingerprint density at radius 3 is 2.32 bits per heavy atom. The summed E-state index contributed by atoms with van der Waals surface area (Å²) in [5, 5.41) is 0.824. The number of amides is 2. The maximum Gasteiger partial charge on any atom is 0.330 e. The van der Waals surface area contributed by atoms with Crippen LogP contribution in [0, 0.1) is 0 Å². The van der Waals surface area contributed by atoms with E-state index in [9.17, 15) is 27.6 Å². The van der Waals surface area contributed by atoms with Crippen LogP contribution in [-0.2, 0) is 38.5 Å². The molecule has 0 saturated carbocycles. The number of hydrogen-bond acceptors (Lipinski definition) is 8. The molecule has 28 heavy (non-hydrogen) atoms. The van der Waals surface area contributed by atoms with Crippen LogP contribution in [0.25, 0.3) is 0 Å². The third-order valence-electron chi connectivity index (χ3n) is 4.62. The van der Waals surface area contributed by atoms with E-state index in [0.717, 1.165) is 4.90 Å². The number of esters is 2. The van der Waals surface area contributed by atoms with Crippen LogP contribution in [0.3, 0.4) is 0 Å². The number of carbonyl (C=O) groups excluding carboxylic acids is 4. The van der Waals surface area contributed by atoms with E-state index in [4.69, 9.17) is 4.74 Å². The van der Waals surface area contributed by atoms with Gasteiger partial charge in [-0.1, -0.05) is 25.3 Å².